The predicted molar refractivity (Wildman–Crippen MR) is 254 cm³/mol. The second-order valence-corrected chi connectivity index (χ2v) is 17.9. The Balaban J connectivity index is 1.89. The fourth-order valence-corrected chi connectivity index (χ4v) is 8.02. The maximum Gasteiger partial charge on any atom is 0.220 e. The number of allylic oxidation sites excluding steroid dienone is 7. The predicted octanol–water partition coefficient (Wildman–Crippen LogP) is 6.49. The number of nitrogens with one attached hydrogen (secondary N) is 1. The molecule has 0 aromatic carbocycles. The van der Waals surface area contributed by atoms with E-state index in [1.54, 1.807) is 6.08 Å². The Labute approximate surface area is 391 Å². The molecule has 2 aliphatic heterocycles. The zero-order chi connectivity index (χ0) is 47.5. The van der Waals surface area contributed by atoms with Gasteiger partial charge in [-0.25, -0.2) is 0 Å². The zero-order valence-corrected chi connectivity index (χ0v) is 40.0. The Morgan fingerprint density at radius 2 is 0.985 bits per heavy atom. The first kappa shape index (κ1) is 59.1. The second kappa shape index (κ2) is 37.9. The fourth-order valence-electron chi connectivity index (χ4n) is 8.02. The molecule has 0 aromatic heterocycles. The summed E-state index contributed by atoms with van der Waals surface area (Å²) in [5.74, 6) is -0.265. The van der Waals surface area contributed by atoms with Crippen molar-refractivity contribution >= 4 is 5.91 Å². The summed E-state index contributed by atoms with van der Waals surface area (Å²) in [6, 6.07) is -0.941. The van der Waals surface area contributed by atoms with E-state index in [0.717, 1.165) is 64.2 Å². The van der Waals surface area contributed by atoms with Crippen molar-refractivity contribution in [2.45, 2.75) is 248 Å². The fraction of sp³-hybridized carbons (Fsp3) is 0.824. The Kier molecular flexibility index (Phi) is 34.4. The van der Waals surface area contributed by atoms with Crippen molar-refractivity contribution < 1.29 is 64.6 Å². The number of carbonyl (C=O) groups excluding carboxylic acids is 1. The average Bonchev–Trinajstić information content (AvgIpc) is 3.30. The molecule has 0 aromatic rings. The van der Waals surface area contributed by atoms with Gasteiger partial charge in [0, 0.05) is 6.42 Å². The molecule has 2 heterocycles. The molecule has 9 N–H and O–H groups in total. The summed E-state index contributed by atoms with van der Waals surface area (Å²) in [7, 11) is 0. The van der Waals surface area contributed by atoms with E-state index in [0.29, 0.717) is 12.8 Å². The minimum Gasteiger partial charge on any atom is -0.394 e. The molecule has 65 heavy (non-hydrogen) atoms. The highest BCUT2D eigenvalue weighted by molar-refractivity contribution is 5.76. The van der Waals surface area contributed by atoms with Crippen LogP contribution in [0.3, 0.4) is 0 Å². The highest BCUT2D eigenvalue weighted by Crippen LogP contribution is 2.30. The Morgan fingerprint density at radius 3 is 1.51 bits per heavy atom. The van der Waals surface area contributed by atoms with E-state index in [4.69, 9.17) is 18.9 Å². The number of aliphatic hydroxyl groups is 8. The smallest absolute Gasteiger partial charge is 0.220 e. The van der Waals surface area contributed by atoms with Crippen molar-refractivity contribution in [1.82, 2.24) is 5.32 Å². The molecule has 0 saturated carbocycles. The molecule has 0 bridgehead atoms. The van der Waals surface area contributed by atoms with Crippen molar-refractivity contribution in [1.29, 1.82) is 0 Å². The Morgan fingerprint density at radius 1 is 0.538 bits per heavy atom. The van der Waals surface area contributed by atoms with Gasteiger partial charge in [-0.1, -0.05) is 146 Å². The number of amides is 1. The Bertz CT molecular complexity index is 1280. The number of carbonyl (C=O) groups is 1. The zero-order valence-electron chi connectivity index (χ0n) is 40.0. The van der Waals surface area contributed by atoms with Crippen molar-refractivity contribution in [3.05, 3.63) is 48.6 Å². The summed E-state index contributed by atoms with van der Waals surface area (Å²) in [5.41, 5.74) is 0. The van der Waals surface area contributed by atoms with Crippen LogP contribution in [0.15, 0.2) is 48.6 Å². The number of rotatable bonds is 38. The maximum absolute atomic E-state index is 13.1. The summed E-state index contributed by atoms with van der Waals surface area (Å²) in [6.45, 7) is 2.72. The summed E-state index contributed by atoms with van der Waals surface area (Å²) in [4.78, 5) is 13.1. The van der Waals surface area contributed by atoms with Gasteiger partial charge in [0.2, 0.25) is 5.91 Å². The van der Waals surface area contributed by atoms with Gasteiger partial charge in [-0.3, -0.25) is 4.79 Å². The topological polar surface area (TPSA) is 228 Å². The van der Waals surface area contributed by atoms with E-state index < -0.39 is 86.8 Å². The van der Waals surface area contributed by atoms with Gasteiger partial charge in [-0.15, -0.1) is 0 Å². The SMILES string of the molecule is CCCCCCC/C=C\CCCCCCCC(=O)NC(COC1OC(CO)C(OC2OC(CO)C(O)C(O)C2O)C(O)C1O)C(O)/C=C/CC/C=C/CC/C=C/CCCCCCCCC. The van der Waals surface area contributed by atoms with Crippen LogP contribution in [0, 0.1) is 0 Å². The molecule has 2 aliphatic rings. The number of hydrogen-bond donors (Lipinski definition) is 9. The van der Waals surface area contributed by atoms with Crippen LogP contribution in [0.5, 0.6) is 0 Å². The third-order valence-corrected chi connectivity index (χ3v) is 12.2. The lowest BCUT2D eigenvalue weighted by molar-refractivity contribution is -0.359. The van der Waals surface area contributed by atoms with Gasteiger partial charge in [-0.2, -0.15) is 0 Å². The number of unbranched alkanes of at least 4 members (excludes halogenated alkanes) is 19. The van der Waals surface area contributed by atoms with Gasteiger partial charge in [0.25, 0.3) is 0 Å². The first-order valence-electron chi connectivity index (χ1n) is 25.4. The van der Waals surface area contributed by atoms with Gasteiger partial charge < -0.3 is 65.1 Å². The maximum atomic E-state index is 13.1. The van der Waals surface area contributed by atoms with Crippen LogP contribution >= 0.6 is 0 Å². The minimum atomic E-state index is -1.79. The van der Waals surface area contributed by atoms with Crippen molar-refractivity contribution in [2.24, 2.45) is 0 Å². The lowest BCUT2D eigenvalue weighted by Crippen LogP contribution is -2.65. The van der Waals surface area contributed by atoms with E-state index in [-0.39, 0.29) is 18.9 Å². The van der Waals surface area contributed by atoms with E-state index in [2.05, 4.69) is 55.6 Å². The van der Waals surface area contributed by atoms with Crippen LogP contribution < -0.4 is 5.32 Å². The number of aliphatic hydroxyl groups excluding tert-OH is 8. The third-order valence-electron chi connectivity index (χ3n) is 12.2. The van der Waals surface area contributed by atoms with Crippen molar-refractivity contribution in [2.75, 3.05) is 19.8 Å². The monoisotopic (exact) mass is 926 g/mol. The molecule has 12 unspecified atom stereocenters. The quantitative estimate of drug-likeness (QED) is 0.0239. The van der Waals surface area contributed by atoms with Crippen LogP contribution in [0.25, 0.3) is 0 Å². The molecule has 0 radical (unpaired) electrons. The summed E-state index contributed by atoms with van der Waals surface area (Å²) < 4.78 is 22.6. The number of ether oxygens (including phenoxy) is 4. The molecule has 14 heteroatoms. The second-order valence-electron chi connectivity index (χ2n) is 17.9. The molecular formula is C51H91NO13. The lowest BCUT2D eigenvalue weighted by atomic mass is 9.97. The normalized spacial score (nSPS) is 27.4. The van der Waals surface area contributed by atoms with Gasteiger partial charge in [0.1, 0.15) is 48.8 Å². The molecule has 1 amide bonds. The van der Waals surface area contributed by atoms with Crippen LogP contribution in [0.2, 0.25) is 0 Å². The van der Waals surface area contributed by atoms with Crippen molar-refractivity contribution in [3.63, 3.8) is 0 Å². The van der Waals surface area contributed by atoms with E-state index in [1.807, 2.05) is 6.08 Å². The van der Waals surface area contributed by atoms with Crippen LogP contribution in [-0.2, 0) is 23.7 Å². The minimum absolute atomic E-state index is 0.259. The van der Waals surface area contributed by atoms with E-state index >= 15 is 0 Å². The van der Waals surface area contributed by atoms with Crippen LogP contribution in [-0.4, -0.2) is 140 Å². The molecular weight excluding hydrogens is 835 g/mol. The molecule has 2 fully saturated rings. The molecule has 2 saturated heterocycles. The summed E-state index contributed by atoms with van der Waals surface area (Å²) in [6.07, 6.45) is 27.2. The molecule has 12 atom stereocenters. The molecule has 0 spiro atoms. The van der Waals surface area contributed by atoms with Gasteiger partial charge in [0.05, 0.1) is 32.0 Å². The van der Waals surface area contributed by atoms with Gasteiger partial charge in [-0.05, 0) is 70.6 Å². The number of hydrogen-bond acceptors (Lipinski definition) is 13. The first-order chi connectivity index (χ1) is 31.6. The largest absolute Gasteiger partial charge is 0.394 e. The van der Waals surface area contributed by atoms with Crippen LogP contribution in [0.1, 0.15) is 174 Å². The molecule has 0 aliphatic carbocycles. The molecule has 378 valence electrons. The third kappa shape index (κ3) is 25.2. The molecule has 2 rings (SSSR count). The Hall–Kier alpha value is -2.05. The van der Waals surface area contributed by atoms with Crippen LogP contribution in [0.4, 0.5) is 0 Å². The summed E-state index contributed by atoms with van der Waals surface area (Å²) in [5, 5.41) is 86.7. The highest BCUT2D eigenvalue weighted by Gasteiger charge is 2.51. The first-order valence-corrected chi connectivity index (χ1v) is 25.4. The summed E-state index contributed by atoms with van der Waals surface area (Å²) >= 11 is 0. The van der Waals surface area contributed by atoms with E-state index in [1.165, 1.54) is 77.0 Å². The lowest BCUT2D eigenvalue weighted by Gasteiger charge is -2.46. The van der Waals surface area contributed by atoms with E-state index in [9.17, 15) is 45.6 Å². The molecule has 14 nitrogen and oxygen atoms in total. The van der Waals surface area contributed by atoms with Gasteiger partial charge >= 0.3 is 0 Å². The highest BCUT2D eigenvalue weighted by atomic mass is 16.7. The van der Waals surface area contributed by atoms with Crippen molar-refractivity contribution in [3.8, 4) is 0 Å². The average molecular weight is 926 g/mol. The van der Waals surface area contributed by atoms with Gasteiger partial charge in [0.15, 0.2) is 12.6 Å². The standard InChI is InChI=1S/C51H91NO13/c1-3-5-7-9-11-13-15-17-19-20-21-22-24-26-28-30-32-34-40(55)39(52-43(56)35-33-31-29-27-25-23-18-16-14-12-10-8-6-4-2)38-62-50-48(61)46(59)49(42(37-54)64-50)65-51-47(60)45(58)44(57)41(36-53)63-51/h16,18-20,24,26,32,34,39-42,44-51,53-55,57-61H,3-15,17,21-23,25,27-31,33,35-38H2,1-2H3,(H,52,56)/b18-16-,20-19+,26-24+,34-32+.